The average molecular weight is 224 g/mol. The maximum absolute atomic E-state index is 5.99. The van der Waals surface area contributed by atoms with Crippen molar-refractivity contribution in [3.8, 4) is 0 Å². The molecule has 0 heterocycles. The number of hydrogen-bond acceptors (Lipinski definition) is 1. The first-order valence-electron chi connectivity index (χ1n) is 5.31. The van der Waals surface area contributed by atoms with Gasteiger partial charge in [0, 0.05) is 5.02 Å². The van der Waals surface area contributed by atoms with Crippen molar-refractivity contribution in [1.29, 1.82) is 0 Å². The Labute approximate surface area is 97.1 Å². The SMILES string of the molecule is C=CC(NCCC)c1cc(Cl)ccc1C. The van der Waals surface area contributed by atoms with Crippen LogP contribution in [0.25, 0.3) is 0 Å². The highest BCUT2D eigenvalue weighted by atomic mass is 35.5. The molecule has 1 N–H and O–H groups in total. The van der Waals surface area contributed by atoms with E-state index in [1.807, 2.05) is 24.3 Å². The van der Waals surface area contributed by atoms with E-state index >= 15 is 0 Å². The van der Waals surface area contributed by atoms with Gasteiger partial charge in [0.1, 0.15) is 0 Å². The molecular weight excluding hydrogens is 206 g/mol. The van der Waals surface area contributed by atoms with Crippen molar-refractivity contribution in [3.63, 3.8) is 0 Å². The summed E-state index contributed by atoms with van der Waals surface area (Å²) in [7, 11) is 0. The van der Waals surface area contributed by atoms with E-state index < -0.39 is 0 Å². The fourth-order valence-corrected chi connectivity index (χ4v) is 1.75. The first kappa shape index (κ1) is 12.3. The van der Waals surface area contributed by atoms with Crippen LogP contribution in [-0.4, -0.2) is 6.54 Å². The number of benzene rings is 1. The van der Waals surface area contributed by atoms with Gasteiger partial charge in [0.2, 0.25) is 0 Å². The van der Waals surface area contributed by atoms with Crippen LogP contribution in [-0.2, 0) is 0 Å². The predicted molar refractivity (Wildman–Crippen MR) is 67.4 cm³/mol. The highest BCUT2D eigenvalue weighted by Gasteiger charge is 2.09. The van der Waals surface area contributed by atoms with Gasteiger partial charge in [-0.15, -0.1) is 6.58 Å². The third-order valence-electron chi connectivity index (χ3n) is 2.43. The normalized spacial score (nSPS) is 12.5. The van der Waals surface area contributed by atoms with Gasteiger partial charge in [-0.25, -0.2) is 0 Å². The van der Waals surface area contributed by atoms with E-state index in [1.54, 1.807) is 0 Å². The molecule has 0 aliphatic heterocycles. The van der Waals surface area contributed by atoms with Gasteiger partial charge in [0.05, 0.1) is 6.04 Å². The maximum atomic E-state index is 5.99. The lowest BCUT2D eigenvalue weighted by Gasteiger charge is -2.17. The summed E-state index contributed by atoms with van der Waals surface area (Å²) in [5.41, 5.74) is 2.46. The van der Waals surface area contributed by atoms with Crippen molar-refractivity contribution >= 4 is 11.6 Å². The minimum atomic E-state index is 0.198. The van der Waals surface area contributed by atoms with Gasteiger partial charge in [-0.2, -0.15) is 0 Å². The summed E-state index contributed by atoms with van der Waals surface area (Å²) in [6, 6.07) is 6.16. The number of rotatable bonds is 5. The minimum Gasteiger partial charge on any atom is -0.307 e. The van der Waals surface area contributed by atoms with Gasteiger partial charge < -0.3 is 5.32 Å². The topological polar surface area (TPSA) is 12.0 Å². The molecule has 0 saturated carbocycles. The number of halogens is 1. The lowest BCUT2D eigenvalue weighted by atomic mass is 10.0. The first-order chi connectivity index (χ1) is 7.19. The molecule has 0 radical (unpaired) electrons. The highest BCUT2D eigenvalue weighted by molar-refractivity contribution is 6.30. The van der Waals surface area contributed by atoms with E-state index in [-0.39, 0.29) is 6.04 Å². The Hall–Kier alpha value is -0.790. The average Bonchev–Trinajstić information content (AvgIpc) is 2.24. The molecule has 1 atom stereocenters. The molecular formula is C13H18ClN. The Morgan fingerprint density at radius 2 is 2.27 bits per heavy atom. The van der Waals surface area contributed by atoms with Crippen LogP contribution in [0.5, 0.6) is 0 Å². The fourth-order valence-electron chi connectivity index (χ4n) is 1.57. The van der Waals surface area contributed by atoms with Crippen LogP contribution < -0.4 is 5.32 Å². The van der Waals surface area contributed by atoms with Crippen molar-refractivity contribution in [1.82, 2.24) is 5.32 Å². The van der Waals surface area contributed by atoms with Gasteiger partial charge in [0.15, 0.2) is 0 Å². The molecule has 0 fully saturated rings. The Bertz CT molecular complexity index is 333. The molecule has 2 heteroatoms. The van der Waals surface area contributed by atoms with Crippen LogP contribution in [0.3, 0.4) is 0 Å². The molecule has 82 valence electrons. The Morgan fingerprint density at radius 3 is 2.87 bits per heavy atom. The van der Waals surface area contributed by atoms with Crippen molar-refractivity contribution in [2.45, 2.75) is 26.3 Å². The third kappa shape index (κ3) is 3.37. The molecule has 0 bridgehead atoms. The summed E-state index contributed by atoms with van der Waals surface area (Å²) >= 11 is 5.99. The van der Waals surface area contributed by atoms with E-state index in [9.17, 15) is 0 Å². The quantitative estimate of drug-likeness (QED) is 0.748. The maximum Gasteiger partial charge on any atom is 0.0506 e. The summed E-state index contributed by atoms with van der Waals surface area (Å²) in [5.74, 6) is 0. The van der Waals surface area contributed by atoms with Crippen LogP contribution in [0.1, 0.15) is 30.5 Å². The summed E-state index contributed by atoms with van der Waals surface area (Å²) in [6.07, 6.45) is 3.04. The van der Waals surface area contributed by atoms with Crippen molar-refractivity contribution < 1.29 is 0 Å². The standard InChI is InChI=1S/C13H18ClN/c1-4-8-15-13(5-2)12-9-11(14)7-6-10(12)3/h5-7,9,13,15H,2,4,8H2,1,3H3. The zero-order chi connectivity index (χ0) is 11.3. The van der Waals surface area contributed by atoms with Gasteiger partial charge in [-0.1, -0.05) is 30.7 Å². The van der Waals surface area contributed by atoms with Crippen molar-refractivity contribution in [3.05, 3.63) is 47.0 Å². The summed E-state index contributed by atoms with van der Waals surface area (Å²) in [5, 5.41) is 4.21. The van der Waals surface area contributed by atoms with Gasteiger partial charge in [0.25, 0.3) is 0 Å². The minimum absolute atomic E-state index is 0.198. The molecule has 1 aromatic carbocycles. The number of nitrogens with one attached hydrogen (secondary N) is 1. The molecule has 0 aliphatic carbocycles. The molecule has 0 amide bonds. The van der Waals surface area contributed by atoms with Gasteiger partial charge >= 0.3 is 0 Å². The van der Waals surface area contributed by atoms with E-state index in [2.05, 4.69) is 25.7 Å². The van der Waals surface area contributed by atoms with Crippen molar-refractivity contribution in [2.24, 2.45) is 0 Å². The molecule has 1 nitrogen and oxygen atoms in total. The largest absolute Gasteiger partial charge is 0.307 e. The Morgan fingerprint density at radius 1 is 1.53 bits per heavy atom. The fraction of sp³-hybridized carbons (Fsp3) is 0.385. The molecule has 15 heavy (non-hydrogen) atoms. The first-order valence-corrected chi connectivity index (χ1v) is 5.68. The smallest absolute Gasteiger partial charge is 0.0506 e. The van der Waals surface area contributed by atoms with Crippen molar-refractivity contribution in [2.75, 3.05) is 6.54 Å². The van der Waals surface area contributed by atoms with Gasteiger partial charge in [-0.05, 0) is 43.1 Å². The summed E-state index contributed by atoms with van der Waals surface area (Å²) < 4.78 is 0. The Kier molecular flexibility index (Phi) is 4.86. The second-order valence-corrected chi connectivity index (χ2v) is 4.10. The van der Waals surface area contributed by atoms with E-state index in [0.29, 0.717) is 0 Å². The van der Waals surface area contributed by atoms with Crippen LogP contribution in [0.2, 0.25) is 5.02 Å². The number of aryl methyl sites for hydroxylation is 1. The Balaban J connectivity index is 2.90. The lowest BCUT2D eigenvalue weighted by Crippen LogP contribution is -2.20. The zero-order valence-electron chi connectivity index (χ0n) is 9.39. The van der Waals surface area contributed by atoms with Crippen LogP contribution in [0.15, 0.2) is 30.9 Å². The second-order valence-electron chi connectivity index (χ2n) is 3.67. The zero-order valence-corrected chi connectivity index (χ0v) is 10.1. The van der Waals surface area contributed by atoms with Crippen LogP contribution in [0.4, 0.5) is 0 Å². The third-order valence-corrected chi connectivity index (χ3v) is 2.66. The molecule has 0 aromatic heterocycles. The number of hydrogen-bond donors (Lipinski definition) is 1. The molecule has 0 aliphatic rings. The summed E-state index contributed by atoms with van der Waals surface area (Å²) in [6.45, 7) is 9.09. The second kappa shape index (κ2) is 5.94. The van der Waals surface area contributed by atoms with E-state index in [4.69, 9.17) is 11.6 Å². The molecule has 1 aromatic rings. The molecule has 0 spiro atoms. The molecule has 0 saturated heterocycles. The van der Waals surface area contributed by atoms with E-state index in [1.165, 1.54) is 11.1 Å². The monoisotopic (exact) mass is 223 g/mol. The van der Waals surface area contributed by atoms with Gasteiger partial charge in [-0.3, -0.25) is 0 Å². The predicted octanol–water partition coefficient (Wildman–Crippen LogP) is 3.88. The van der Waals surface area contributed by atoms with E-state index in [0.717, 1.165) is 18.0 Å². The van der Waals surface area contributed by atoms with Crippen LogP contribution in [0, 0.1) is 6.92 Å². The molecule has 1 rings (SSSR count). The molecule has 1 unspecified atom stereocenters. The highest BCUT2D eigenvalue weighted by Crippen LogP contribution is 2.22. The van der Waals surface area contributed by atoms with Crippen LogP contribution >= 0.6 is 11.6 Å². The lowest BCUT2D eigenvalue weighted by molar-refractivity contribution is 0.611. The summed E-state index contributed by atoms with van der Waals surface area (Å²) in [4.78, 5) is 0.